The molecule has 0 radical (unpaired) electrons. The van der Waals surface area contributed by atoms with Gasteiger partial charge in [0.1, 0.15) is 11.9 Å². The maximum Gasteiger partial charge on any atom is 0.262 e. The van der Waals surface area contributed by atoms with Crippen LogP contribution in [0.2, 0.25) is 0 Å². The average Bonchev–Trinajstić information content (AvgIpc) is 3.28. The molecule has 2 N–H and O–H groups in total. The van der Waals surface area contributed by atoms with Gasteiger partial charge in [0.25, 0.3) is 5.91 Å². The van der Waals surface area contributed by atoms with Crippen LogP contribution in [0, 0.1) is 25.2 Å². The Morgan fingerprint density at radius 3 is 2.65 bits per heavy atom. The number of nitriles is 1. The number of amides is 1. The van der Waals surface area contributed by atoms with Crippen molar-refractivity contribution in [2.24, 2.45) is 0 Å². The molecule has 0 aliphatic heterocycles. The normalized spacial score (nSPS) is 11.2. The lowest BCUT2D eigenvalue weighted by molar-refractivity contribution is -0.118. The quantitative estimate of drug-likeness (QED) is 0.372. The van der Waals surface area contributed by atoms with Crippen LogP contribution in [0.3, 0.4) is 0 Å². The Balaban J connectivity index is 1.47. The Hall–Kier alpha value is -4.57. The summed E-state index contributed by atoms with van der Waals surface area (Å²) in [6, 6.07) is 20.8. The highest BCUT2D eigenvalue weighted by Gasteiger charge is 2.11. The third-order valence-corrected chi connectivity index (χ3v) is 5.41. The lowest BCUT2D eigenvalue weighted by Gasteiger charge is -2.12. The number of imidazole rings is 1. The largest absolute Gasteiger partial charge is 0.493 e. The fourth-order valence-corrected chi connectivity index (χ4v) is 3.45. The van der Waals surface area contributed by atoms with Crippen molar-refractivity contribution in [3.8, 4) is 17.6 Å². The number of ether oxygens (including phenoxy) is 2. The Morgan fingerprint density at radius 1 is 1.09 bits per heavy atom. The average molecular weight is 453 g/mol. The van der Waals surface area contributed by atoms with Gasteiger partial charge in [-0.15, -0.1) is 0 Å². The zero-order valence-electron chi connectivity index (χ0n) is 19.2. The first-order valence-corrected chi connectivity index (χ1v) is 10.7. The minimum absolute atomic E-state index is 0.166. The van der Waals surface area contributed by atoms with E-state index >= 15 is 0 Å². The summed E-state index contributed by atoms with van der Waals surface area (Å²) in [7, 11) is 1.52. The van der Waals surface area contributed by atoms with Gasteiger partial charge in [0.05, 0.1) is 23.7 Å². The molecule has 1 heterocycles. The maximum absolute atomic E-state index is 12.3. The first-order chi connectivity index (χ1) is 16.5. The number of aromatic nitrogens is 2. The molecule has 4 rings (SSSR count). The number of benzene rings is 3. The number of nitrogens with one attached hydrogen (secondary N) is 2. The summed E-state index contributed by atoms with van der Waals surface area (Å²) >= 11 is 0. The molecule has 34 heavy (non-hydrogen) atoms. The molecule has 0 bridgehead atoms. The molecule has 0 fully saturated rings. The second-order valence-electron chi connectivity index (χ2n) is 7.82. The number of hydrogen-bond donors (Lipinski definition) is 2. The zero-order chi connectivity index (χ0) is 24.1. The van der Waals surface area contributed by atoms with Crippen LogP contribution in [0.5, 0.6) is 11.5 Å². The Labute approximate surface area is 197 Å². The smallest absolute Gasteiger partial charge is 0.262 e. The van der Waals surface area contributed by atoms with Gasteiger partial charge in [-0.25, -0.2) is 4.98 Å². The van der Waals surface area contributed by atoms with Gasteiger partial charge in [0.15, 0.2) is 18.1 Å². The van der Waals surface area contributed by atoms with Crippen LogP contribution in [-0.2, 0) is 4.79 Å². The van der Waals surface area contributed by atoms with Crippen molar-refractivity contribution in [2.75, 3.05) is 19.0 Å². The van der Waals surface area contributed by atoms with Crippen LogP contribution >= 0.6 is 0 Å². The van der Waals surface area contributed by atoms with Crippen molar-refractivity contribution < 1.29 is 14.3 Å². The van der Waals surface area contributed by atoms with Gasteiger partial charge in [-0.1, -0.05) is 24.3 Å². The highest BCUT2D eigenvalue weighted by Crippen LogP contribution is 2.30. The molecule has 0 aliphatic rings. The lowest BCUT2D eigenvalue weighted by atomic mass is 10.1. The summed E-state index contributed by atoms with van der Waals surface area (Å²) in [6.45, 7) is 3.85. The molecular weight excluding hydrogens is 428 g/mol. The Kier molecular flexibility index (Phi) is 6.60. The van der Waals surface area contributed by atoms with E-state index in [1.54, 1.807) is 24.3 Å². The number of carbonyl (C=O) groups excluding carboxylic acids is 1. The van der Waals surface area contributed by atoms with E-state index in [1.165, 1.54) is 7.11 Å². The predicted octanol–water partition coefficient (Wildman–Crippen LogP) is 5.27. The zero-order valence-corrected chi connectivity index (χ0v) is 19.2. The molecule has 4 aromatic rings. The van der Waals surface area contributed by atoms with E-state index in [4.69, 9.17) is 9.47 Å². The molecule has 7 heteroatoms. The number of H-pyrrole nitrogens is 1. The van der Waals surface area contributed by atoms with Gasteiger partial charge in [-0.2, -0.15) is 5.26 Å². The van der Waals surface area contributed by atoms with Crippen LogP contribution in [0.15, 0.2) is 60.7 Å². The Bertz CT molecular complexity index is 1400. The number of nitrogens with zero attached hydrogens (tertiary/aromatic N) is 2. The SMILES string of the molecule is COc1cc(/C=C(\C#N)c2nc3ccccc3[nH]2)ccc1OCC(=O)Nc1ccc(C)c(C)c1. The summed E-state index contributed by atoms with van der Waals surface area (Å²) in [5, 5.41) is 12.5. The second kappa shape index (κ2) is 9.92. The number of hydrogen-bond acceptors (Lipinski definition) is 5. The van der Waals surface area contributed by atoms with E-state index in [1.807, 2.05) is 56.3 Å². The van der Waals surface area contributed by atoms with Crippen LogP contribution in [0.4, 0.5) is 5.69 Å². The van der Waals surface area contributed by atoms with E-state index in [2.05, 4.69) is 21.4 Å². The summed E-state index contributed by atoms with van der Waals surface area (Å²) in [5.41, 5.74) is 5.76. The molecule has 170 valence electrons. The third kappa shape index (κ3) is 5.08. The minimum Gasteiger partial charge on any atom is -0.493 e. The molecule has 0 spiro atoms. The third-order valence-electron chi connectivity index (χ3n) is 5.41. The summed E-state index contributed by atoms with van der Waals surface area (Å²) in [6.07, 6.45) is 1.72. The lowest BCUT2D eigenvalue weighted by Crippen LogP contribution is -2.20. The van der Waals surface area contributed by atoms with E-state index in [9.17, 15) is 10.1 Å². The van der Waals surface area contributed by atoms with Gasteiger partial charge in [-0.3, -0.25) is 4.79 Å². The number of anilines is 1. The summed E-state index contributed by atoms with van der Waals surface area (Å²) < 4.78 is 11.1. The van der Waals surface area contributed by atoms with E-state index in [-0.39, 0.29) is 12.5 Å². The van der Waals surface area contributed by atoms with Gasteiger partial charge in [-0.05, 0) is 73.0 Å². The molecule has 0 unspecified atom stereocenters. The Morgan fingerprint density at radius 2 is 1.91 bits per heavy atom. The van der Waals surface area contributed by atoms with E-state index in [0.29, 0.717) is 22.9 Å². The number of aryl methyl sites for hydroxylation is 2. The topological polar surface area (TPSA) is 100 Å². The number of fused-ring (bicyclic) bond motifs is 1. The highest BCUT2D eigenvalue weighted by molar-refractivity contribution is 5.92. The first-order valence-electron chi connectivity index (χ1n) is 10.7. The number of allylic oxidation sites excluding steroid dienone is 1. The summed E-state index contributed by atoms with van der Waals surface area (Å²) in [4.78, 5) is 20.0. The van der Waals surface area contributed by atoms with Crippen LogP contribution in [-0.4, -0.2) is 29.6 Å². The molecule has 1 aromatic heterocycles. The monoisotopic (exact) mass is 452 g/mol. The van der Waals surface area contributed by atoms with Gasteiger partial charge in [0, 0.05) is 5.69 Å². The summed E-state index contributed by atoms with van der Waals surface area (Å²) in [5.74, 6) is 1.10. The number of methoxy groups -OCH3 is 1. The minimum atomic E-state index is -0.272. The van der Waals surface area contributed by atoms with Crippen molar-refractivity contribution >= 4 is 34.3 Å². The van der Waals surface area contributed by atoms with Gasteiger partial charge in [0.2, 0.25) is 0 Å². The highest BCUT2D eigenvalue weighted by atomic mass is 16.5. The van der Waals surface area contributed by atoms with Crippen molar-refractivity contribution in [2.45, 2.75) is 13.8 Å². The molecule has 0 aliphatic carbocycles. The van der Waals surface area contributed by atoms with Crippen LogP contribution in [0.25, 0.3) is 22.7 Å². The number of aromatic amines is 1. The number of para-hydroxylation sites is 2. The van der Waals surface area contributed by atoms with Crippen LogP contribution in [0.1, 0.15) is 22.5 Å². The second-order valence-corrected chi connectivity index (χ2v) is 7.82. The predicted molar refractivity (Wildman–Crippen MR) is 133 cm³/mol. The first kappa shape index (κ1) is 22.6. The maximum atomic E-state index is 12.3. The van der Waals surface area contributed by atoms with E-state index < -0.39 is 0 Å². The standard InChI is InChI=1S/C27H24N4O3/c1-17-8-10-21(12-18(17)2)29-26(32)16-34-24-11-9-19(14-25(24)33-3)13-20(15-28)27-30-22-6-4-5-7-23(22)31-27/h4-14H,16H2,1-3H3,(H,29,32)(H,30,31)/b20-13+. The molecular formula is C27H24N4O3. The van der Waals surface area contributed by atoms with Gasteiger partial charge < -0.3 is 19.8 Å². The molecule has 3 aromatic carbocycles. The number of carbonyl (C=O) groups is 1. The van der Waals surface area contributed by atoms with Crippen molar-refractivity contribution in [3.05, 3.63) is 83.2 Å². The molecule has 7 nitrogen and oxygen atoms in total. The van der Waals surface area contributed by atoms with Crippen molar-refractivity contribution in [1.82, 2.24) is 9.97 Å². The van der Waals surface area contributed by atoms with Crippen LogP contribution < -0.4 is 14.8 Å². The fraction of sp³-hybridized carbons (Fsp3) is 0.148. The van der Waals surface area contributed by atoms with Crippen molar-refractivity contribution in [1.29, 1.82) is 5.26 Å². The van der Waals surface area contributed by atoms with Gasteiger partial charge >= 0.3 is 0 Å². The van der Waals surface area contributed by atoms with E-state index in [0.717, 1.165) is 33.4 Å². The fourth-order valence-electron chi connectivity index (χ4n) is 3.45. The number of rotatable bonds is 7. The van der Waals surface area contributed by atoms with Crippen molar-refractivity contribution in [3.63, 3.8) is 0 Å². The molecule has 0 atom stereocenters. The molecule has 0 saturated heterocycles. The molecule has 0 saturated carbocycles. The molecule has 1 amide bonds.